The van der Waals surface area contributed by atoms with E-state index in [2.05, 4.69) is 0 Å². The highest BCUT2D eigenvalue weighted by atomic mass is 32.2. The Hall–Kier alpha value is -3.86. The third-order valence-electron chi connectivity index (χ3n) is 8.25. The van der Waals surface area contributed by atoms with Crippen molar-refractivity contribution in [2.24, 2.45) is 17.3 Å². The Morgan fingerprint density at radius 1 is 1.04 bits per heavy atom. The van der Waals surface area contributed by atoms with Crippen LogP contribution in [0.3, 0.4) is 0 Å². The molecular weight excluding hydrogens is 600 g/mol. The number of amides is 2. The second-order valence-electron chi connectivity index (χ2n) is 12.8. The number of hydrogen-bond donors (Lipinski definition) is 2. The topological polar surface area (TPSA) is 103 Å². The van der Waals surface area contributed by atoms with Crippen LogP contribution in [0.15, 0.2) is 60.8 Å². The number of carboxylic acid groups (broad SMARTS) is 2. The van der Waals surface area contributed by atoms with Crippen molar-refractivity contribution >= 4 is 29.7 Å². The van der Waals surface area contributed by atoms with Gasteiger partial charge in [0.15, 0.2) is 0 Å². The van der Waals surface area contributed by atoms with E-state index >= 15 is 4.39 Å². The molecule has 1 saturated heterocycles. The van der Waals surface area contributed by atoms with Crippen molar-refractivity contribution in [2.45, 2.75) is 46.7 Å². The van der Waals surface area contributed by atoms with Crippen LogP contribution < -0.4 is 0 Å². The normalized spacial score (nSPS) is 17.3. The first-order valence-corrected chi connectivity index (χ1v) is 16.2. The summed E-state index contributed by atoms with van der Waals surface area (Å²) in [5, 5.41) is 18.7. The average Bonchev–Trinajstić information content (AvgIpc) is 3.54. The van der Waals surface area contributed by atoms with Gasteiger partial charge in [0.1, 0.15) is 11.6 Å². The first-order chi connectivity index (χ1) is 21.2. The lowest BCUT2D eigenvalue weighted by Crippen LogP contribution is -2.46. The molecular formula is C34H41F2N3O5S. The molecule has 2 amide bonds. The maximum absolute atomic E-state index is 15.1. The van der Waals surface area contributed by atoms with E-state index in [-0.39, 0.29) is 54.3 Å². The molecule has 0 bridgehead atoms. The van der Waals surface area contributed by atoms with E-state index in [0.29, 0.717) is 18.7 Å². The Labute approximate surface area is 267 Å². The molecule has 3 aromatic rings. The van der Waals surface area contributed by atoms with Crippen LogP contribution in [0, 0.1) is 28.9 Å². The van der Waals surface area contributed by atoms with Crippen LogP contribution in [0.4, 0.5) is 13.6 Å². The number of aromatic nitrogens is 1. The number of carbonyl (C=O) groups excluding carboxylic acids is 1. The number of nitrogens with zero attached hydrogens (tertiary/aromatic N) is 3. The summed E-state index contributed by atoms with van der Waals surface area (Å²) in [7, 11) is 0. The number of halogens is 2. The Morgan fingerprint density at radius 3 is 2.38 bits per heavy atom. The van der Waals surface area contributed by atoms with Crippen LogP contribution in [-0.4, -0.2) is 73.7 Å². The van der Waals surface area contributed by atoms with Gasteiger partial charge in [0.25, 0.3) is 0 Å². The average molecular weight is 642 g/mol. The van der Waals surface area contributed by atoms with Gasteiger partial charge in [-0.1, -0.05) is 58.0 Å². The van der Waals surface area contributed by atoms with Crippen molar-refractivity contribution in [2.75, 3.05) is 31.1 Å². The molecule has 0 spiro atoms. The monoisotopic (exact) mass is 641 g/mol. The second kappa shape index (κ2) is 14.5. The highest BCUT2D eigenvalue weighted by molar-refractivity contribution is 7.99. The molecule has 1 aliphatic heterocycles. The Bertz CT molecular complexity index is 1510. The minimum Gasteiger partial charge on any atom is -0.481 e. The molecule has 4 rings (SSSR count). The fourth-order valence-electron chi connectivity index (χ4n) is 6.05. The van der Waals surface area contributed by atoms with E-state index in [1.165, 1.54) is 16.7 Å². The number of carbonyl (C=O) groups is 3. The maximum Gasteiger partial charge on any atom is 0.407 e. The lowest BCUT2D eigenvalue weighted by molar-refractivity contribution is -0.137. The summed E-state index contributed by atoms with van der Waals surface area (Å²) in [6, 6.07) is 14.3. The van der Waals surface area contributed by atoms with Gasteiger partial charge in [-0.2, -0.15) is 11.8 Å². The highest BCUT2D eigenvalue weighted by Gasteiger charge is 2.41. The molecule has 3 atom stereocenters. The molecule has 0 aliphatic carbocycles. The summed E-state index contributed by atoms with van der Waals surface area (Å²) in [6.07, 6.45) is 0.710. The molecule has 45 heavy (non-hydrogen) atoms. The molecule has 11 heteroatoms. The van der Waals surface area contributed by atoms with Gasteiger partial charge in [-0.15, -0.1) is 0 Å². The van der Waals surface area contributed by atoms with Gasteiger partial charge in [-0.25, -0.2) is 13.6 Å². The van der Waals surface area contributed by atoms with Crippen molar-refractivity contribution in [1.29, 1.82) is 0 Å². The summed E-state index contributed by atoms with van der Waals surface area (Å²) >= 11 is 1.24. The van der Waals surface area contributed by atoms with Crippen LogP contribution >= 0.6 is 11.8 Å². The third kappa shape index (κ3) is 8.65. The zero-order valence-corrected chi connectivity index (χ0v) is 26.9. The number of hydrogen-bond acceptors (Lipinski definition) is 4. The fourth-order valence-corrected chi connectivity index (χ4v) is 6.85. The number of rotatable bonds is 12. The first-order valence-electron chi connectivity index (χ1n) is 15.0. The van der Waals surface area contributed by atoms with Crippen LogP contribution in [0.5, 0.6) is 0 Å². The van der Waals surface area contributed by atoms with Gasteiger partial charge >= 0.3 is 12.1 Å². The van der Waals surface area contributed by atoms with E-state index in [9.17, 15) is 23.9 Å². The largest absolute Gasteiger partial charge is 0.481 e. The van der Waals surface area contributed by atoms with Crippen LogP contribution in [0.2, 0.25) is 0 Å². The minimum absolute atomic E-state index is 0.00439. The van der Waals surface area contributed by atoms with Gasteiger partial charge < -0.3 is 24.6 Å². The van der Waals surface area contributed by atoms with Gasteiger partial charge in [0, 0.05) is 54.9 Å². The molecule has 1 fully saturated rings. The lowest BCUT2D eigenvalue weighted by Gasteiger charge is -2.42. The van der Waals surface area contributed by atoms with Crippen molar-refractivity contribution in [3.63, 3.8) is 0 Å². The van der Waals surface area contributed by atoms with Gasteiger partial charge in [0.05, 0.1) is 18.2 Å². The van der Waals surface area contributed by atoms with Crippen LogP contribution in [-0.2, 0) is 16.1 Å². The predicted octanol–water partition coefficient (Wildman–Crippen LogP) is 6.85. The molecule has 8 nitrogen and oxygen atoms in total. The quantitative estimate of drug-likeness (QED) is 0.210. The predicted molar refractivity (Wildman–Crippen MR) is 171 cm³/mol. The number of carboxylic acids is 1. The lowest BCUT2D eigenvalue weighted by atomic mass is 9.82. The van der Waals surface area contributed by atoms with Crippen LogP contribution in [0.1, 0.15) is 51.4 Å². The Balaban J connectivity index is 1.82. The van der Waals surface area contributed by atoms with Crippen molar-refractivity contribution in [3.8, 4) is 11.1 Å². The number of benzene rings is 2. The van der Waals surface area contributed by atoms with Gasteiger partial charge in [0.2, 0.25) is 5.91 Å². The number of aliphatic carboxylic acids is 1. The molecule has 0 unspecified atom stereocenters. The number of likely N-dealkylation sites (tertiary alicyclic amines) is 1. The summed E-state index contributed by atoms with van der Waals surface area (Å²) < 4.78 is 31.3. The molecule has 2 aromatic carbocycles. The Kier molecular flexibility index (Phi) is 11.0. The summed E-state index contributed by atoms with van der Waals surface area (Å²) in [5.41, 5.74) is 1.76. The first kappa shape index (κ1) is 34.0. The van der Waals surface area contributed by atoms with Crippen molar-refractivity contribution in [3.05, 3.63) is 83.7 Å². The van der Waals surface area contributed by atoms with E-state index in [4.69, 9.17) is 5.11 Å². The fraction of sp³-hybridized carbons (Fsp3) is 0.441. The summed E-state index contributed by atoms with van der Waals surface area (Å²) in [4.78, 5) is 40.2. The molecule has 242 valence electrons. The molecule has 0 saturated carbocycles. The third-order valence-corrected chi connectivity index (χ3v) is 9.20. The van der Waals surface area contributed by atoms with Gasteiger partial charge in [-0.3, -0.25) is 9.59 Å². The highest BCUT2D eigenvalue weighted by Crippen LogP contribution is 2.42. The molecule has 2 heterocycles. The SMILES string of the molecule is C[C@H]1CN(C(=O)O)C[C@H]1CN(C(=O)CSCCC(=O)O)[C@@H](c1cc(-c2cc(F)ccc2F)cn1Cc1ccccc1)C(C)(C)C. The van der Waals surface area contributed by atoms with Gasteiger partial charge in [-0.05, 0) is 47.1 Å². The van der Waals surface area contributed by atoms with Crippen molar-refractivity contribution in [1.82, 2.24) is 14.4 Å². The smallest absolute Gasteiger partial charge is 0.407 e. The summed E-state index contributed by atoms with van der Waals surface area (Å²) in [5.74, 6) is -2.07. The number of thioether (sulfide) groups is 1. The maximum atomic E-state index is 15.1. The van der Waals surface area contributed by atoms with E-state index in [1.807, 2.05) is 68.7 Å². The van der Waals surface area contributed by atoms with E-state index in [1.54, 1.807) is 11.1 Å². The molecule has 2 N–H and O–H groups in total. The van der Waals surface area contributed by atoms with Crippen molar-refractivity contribution < 1.29 is 33.4 Å². The summed E-state index contributed by atoms with van der Waals surface area (Å²) in [6.45, 7) is 9.37. The minimum atomic E-state index is -1.00. The zero-order chi connectivity index (χ0) is 32.9. The van der Waals surface area contributed by atoms with E-state index < -0.39 is 35.2 Å². The standard InChI is InChI=1S/C34H41F2N3O5S/c1-22-16-38(33(43)44)19-25(22)20-39(30(40)21-45-13-12-31(41)42)32(34(2,3)4)29-14-24(27-15-26(35)10-11-28(27)36)18-37(29)17-23-8-6-5-7-9-23/h5-11,14-15,18,22,25,32H,12-13,16-17,19-21H2,1-4H3,(H,41,42)(H,43,44)/t22-,25-,32-/m0/s1. The zero-order valence-electron chi connectivity index (χ0n) is 26.1. The molecule has 0 radical (unpaired) electrons. The second-order valence-corrected chi connectivity index (χ2v) is 13.9. The molecule has 1 aromatic heterocycles. The van der Waals surface area contributed by atoms with E-state index in [0.717, 1.165) is 29.5 Å². The molecule has 1 aliphatic rings. The Morgan fingerprint density at radius 2 is 1.76 bits per heavy atom. The van der Waals surface area contributed by atoms with Crippen LogP contribution in [0.25, 0.3) is 11.1 Å².